The first-order chi connectivity index (χ1) is 18.4. The molecule has 1 spiro atoms. The smallest absolute Gasteiger partial charge is 0.229 e. The minimum Gasteiger partial charge on any atom is -0.377 e. The van der Waals surface area contributed by atoms with Crippen LogP contribution in [0.5, 0.6) is 0 Å². The number of amides is 1. The maximum Gasteiger partial charge on any atom is 0.229 e. The fourth-order valence-electron chi connectivity index (χ4n) is 6.75. The maximum absolute atomic E-state index is 13.5. The molecule has 2 aliphatic heterocycles. The molecule has 3 aliphatic rings. The van der Waals surface area contributed by atoms with Crippen molar-refractivity contribution in [3.05, 3.63) is 70.2 Å². The number of hydrogen-bond acceptors (Lipinski definition) is 4. The second-order valence-electron chi connectivity index (χ2n) is 11.6. The van der Waals surface area contributed by atoms with Gasteiger partial charge in [0.2, 0.25) is 5.91 Å². The van der Waals surface area contributed by atoms with Gasteiger partial charge < -0.3 is 14.9 Å². The van der Waals surface area contributed by atoms with Crippen molar-refractivity contribution in [1.82, 2.24) is 14.2 Å². The molecule has 2 aromatic carbocycles. The molecule has 5 rings (SSSR count). The van der Waals surface area contributed by atoms with Crippen LogP contribution >= 0.6 is 27.7 Å². The van der Waals surface area contributed by atoms with Crippen molar-refractivity contribution in [3.63, 3.8) is 0 Å². The molecule has 2 atom stereocenters. The average molecular weight is 603 g/mol. The molecule has 1 amide bonds. The Hall–Kier alpha value is -1.44. The number of halogens is 2. The minimum atomic E-state index is -0.625. The van der Waals surface area contributed by atoms with Crippen LogP contribution in [0.3, 0.4) is 0 Å². The van der Waals surface area contributed by atoms with E-state index in [2.05, 4.69) is 62.1 Å². The lowest BCUT2D eigenvalue weighted by Gasteiger charge is -2.40. The van der Waals surface area contributed by atoms with Crippen LogP contribution in [0.4, 0.5) is 0 Å². The molecule has 2 saturated heterocycles. The van der Waals surface area contributed by atoms with Crippen LogP contribution in [0.1, 0.15) is 75.0 Å². The zero-order valence-corrected chi connectivity index (χ0v) is 24.6. The molecule has 3 fully saturated rings. The lowest BCUT2D eigenvalue weighted by Crippen LogP contribution is -2.45. The molecule has 1 N–H and O–H groups in total. The fraction of sp³-hybridized carbons (Fsp3) is 0.581. The van der Waals surface area contributed by atoms with Gasteiger partial charge in [-0.1, -0.05) is 77.7 Å². The standard InChI is InChI=1S/C31H41BrClN3O2/c32-27-13-11-24(12-14-27)23-35-22-18-31(30(35)38)16-20-34(21-17-31)19-15-28(25-7-3-1-4-8-25)36(33)29(37)26-9-5-2-6-10-26/h1,3-4,7-8,11-14,26,28-29,37H,2,5-6,9-10,15-23H2. The summed E-state index contributed by atoms with van der Waals surface area (Å²) >= 11 is 10.4. The predicted octanol–water partition coefficient (Wildman–Crippen LogP) is 6.75. The molecule has 2 heterocycles. The molecule has 0 aromatic heterocycles. The van der Waals surface area contributed by atoms with Gasteiger partial charge >= 0.3 is 0 Å². The van der Waals surface area contributed by atoms with Crippen molar-refractivity contribution >= 4 is 33.6 Å². The third kappa shape index (κ3) is 6.47. The van der Waals surface area contributed by atoms with Gasteiger partial charge in [-0.2, -0.15) is 4.42 Å². The molecule has 206 valence electrons. The predicted molar refractivity (Wildman–Crippen MR) is 156 cm³/mol. The van der Waals surface area contributed by atoms with Crippen LogP contribution in [0.25, 0.3) is 0 Å². The van der Waals surface area contributed by atoms with E-state index < -0.39 is 6.23 Å². The van der Waals surface area contributed by atoms with Gasteiger partial charge in [0.05, 0.1) is 11.5 Å². The van der Waals surface area contributed by atoms with Gasteiger partial charge in [0, 0.05) is 17.6 Å². The monoisotopic (exact) mass is 601 g/mol. The number of benzene rings is 2. The van der Waals surface area contributed by atoms with E-state index in [1.807, 2.05) is 18.2 Å². The molecule has 5 nitrogen and oxygen atoms in total. The SMILES string of the molecule is O=C1N(Cc2ccc(Br)cc2)CCC12CCN(CCC(c1ccccc1)N(Cl)C(O)C1CCCCC1)CC2. The average Bonchev–Trinajstić information content (AvgIpc) is 3.25. The van der Waals surface area contributed by atoms with Crippen LogP contribution in [0, 0.1) is 11.3 Å². The second kappa shape index (κ2) is 12.8. The Kier molecular flexibility index (Phi) is 9.48. The summed E-state index contributed by atoms with van der Waals surface area (Å²) < 4.78 is 2.77. The van der Waals surface area contributed by atoms with Gasteiger partial charge in [0.25, 0.3) is 0 Å². The molecular formula is C31H41BrClN3O2. The van der Waals surface area contributed by atoms with E-state index in [9.17, 15) is 9.90 Å². The van der Waals surface area contributed by atoms with E-state index in [4.69, 9.17) is 11.8 Å². The summed E-state index contributed by atoms with van der Waals surface area (Å²) in [5.74, 6) is 0.584. The highest BCUT2D eigenvalue weighted by Gasteiger charge is 2.48. The lowest BCUT2D eigenvalue weighted by molar-refractivity contribution is -0.138. The Bertz CT molecular complexity index is 1040. The number of hydrogen-bond donors (Lipinski definition) is 1. The van der Waals surface area contributed by atoms with Crippen LogP contribution in [0.15, 0.2) is 59.1 Å². The molecule has 2 unspecified atom stereocenters. The van der Waals surface area contributed by atoms with Gasteiger partial charge in [0.15, 0.2) is 0 Å². The first kappa shape index (κ1) is 28.1. The molecule has 0 bridgehead atoms. The number of aliphatic hydroxyl groups excluding tert-OH is 1. The number of piperidine rings is 1. The van der Waals surface area contributed by atoms with Crippen molar-refractivity contribution in [2.75, 3.05) is 26.2 Å². The lowest BCUT2D eigenvalue weighted by atomic mass is 9.77. The van der Waals surface area contributed by atoms with E-state index in [-0.39, 0.29) is 17.4 Å². The Balaban J connectivity index is 1.17. The van der Waals surface area contributed by atoms with E-state index in [0.29, 0.717) is 12.5 Å². The number of nitrogens with zero attached hydrogens (tertiary/aromatic N) is 3. The number of likely N-dealkylation sites (tertiary alicyclic amines) is 2. The van der Waals surface area contributed by atoms with E-state index in [0.717, 1.165) is 74.7 Å². The van der Waals surface area contributed by atoms with Crippen LogP contribution in [-0.4, -0.2) is 57.6 Å². The number of carbonyl (C=O) groups excluding carboxylic acids is 1. The second-order valence-corrected chi connectivity index (χ2v) is 12.9. The van der Waals surface area contributed by atoms with E-state index in [1.54, 1.807) is 4.42 Å². The molecular weight excluding hydrogens is 562 g/mol. The Morgan fingerprint density at radius 2 is 1.63 bits per heavy atom. The summed E-state index contributed by atoms with van der Waals surface area (Å²) in [6.45, 7) is 4.34. The van der Waals surface area contributed by atoms with Gasteiger partial charge in [-0.25, -0.2) is 0 Å². The topological polar surface area (TPSA) is 47.0 Å². The summed E-state index contributed by atoms with van der Waals surface area (Å²) in [6.07, 6.45) is 8.75. The van der Waals surface area contributed by atoms with Crippen molar-refractivity contribution in [3.8, 4) is 0 Å². The molecule has 2 aromatic rings. The first-order valence-electron chi connectivity index (χ1n) is 14.4. The fourth-order valence-corrected chi connectivity index (χ4v) is 7.39. The zero-order chi connectivity index (χ0) is 26.5. The van der Waals surface area contributed by atoms with Gasteiger partial charge in [-0.05, 0) is 99.1 Å². The Morgan fingerprint density at radius 1 is 0.974 bits per heavy atom. The highest BCUT2D eigenvalue weighted by atomic mass is 79.9. The number of rotatable bonds is 9. The molecule has 0 radical (unpaired) electrons. The normalized spacial score (nSPS) is 22.3. The Morgan fingerprint density at radius 3 is 2.32 bits per heavy atom. The molecule has 38 heavy (non-hydrogen) atoms. The summed E-state index contributed by atoms with van der Waals surface area (Å²) in [6, 6.07) is 18.6. The third-order valence-corrected chi connectivity index (χ3v) is 10.2. The number of carbonyl (C=O) groups is 1. The number of aliphatic hydroxyl groups is 1. The van der Waals surface area contributed by atoms with Gasteiger partial charge in [-0.15, -0.1) is 0 Å². The summed E-state index contributed by atoms with van der Waals surface area (Å²) in [7, 11) is 0. The highest BCUT2D eigenvalue weighted by molar-refractivity contribution is 9.10. The van der Waals surface area contributed by atoms with Crippen LogP contribution in [0.2, 0.25) is 0 Å². The van der Waals surface area contributed by atoms with Crippen molar-refractivity contribution in [1.29, 1.82) is 0 Å². The molecule has 7 heteroatoms. The largest absolute Gasteiger partial charge is 0.377 e. The van der Waals surface area contributed by atoms with Gasteiger partial charge in [-0.3, -0.25) is 4.79 Å². The summed E-state index contributed by atoms with van der Waals surface area (Å²) in [5.41, 5.74) is 2.14. The summed E-state index contributed by atoms with van der Waals surface area (Å²) in [4.78, 5) is 18.0. The van der Waals surface area contributed by atoms with Crippen molar-refractivity contribution < 1.29 is 9.90 Å². The van der Waals surface area contributed by atoms with E-state index in [1.165, 1.54) is 24.8 Å². The molecule has 1 aliphatic carbocycles. The van der Waals surface area contributed by atoms with Gasteiger partial charge in [0.1, 0.15) is 6.23 Å². The Labute approximate surface area is 241 Å². The maximum atomic E-state index is 13.5. The minimum absolute atomic E-state index is 0.0415. The highest BCUT2D eigenvalue weighted by Crippen LogP contribution is 2.42. The van der Waals surface area contributed by atoms with Crippen LogP contribution < -0.4 is 0 Å². The van der Waals surface area contributed by atoms with Crippen molar-refractivity contribution in [2.24, 2.45) is 11.3 Å². The van der Waals surface area contributed by atoms with E-state index >= 15 is 0 Å². The van der Waals surface area contributed by atoms with Crippen LogP contribution in [-0.2, 0) is 11.3 Å². The first-order valence-corrected chi connectivity index (χ1v) is 15.5. The summed E-state index contributed by atoms with van der Waals surface area (Å²) in [5, 5.41) is 11.2. The molecule has 1 saturated carbocycles. The zero-order valence-electron chi connectivity index (χ0n) is 22.3. The quantitative estimate of drug-likeness (QED) is 0.255. The van der Waals surface area contributed by atoms with Crippen molar-refractivity contribution in [2.45, 2.75) is 76.6 Å². The third-order valence-electron chi connectivity index (χ3n) is 9.23.